The minimum atomic E-state index is -0.911. The van der Waals surface area contributed by atoms with Crippen LogP contribution in [0.1, 0.15) is 13.8 Å². The van der Waals surface area contributed by atoms with Crippen LogP contribution in [-0.2, 0) is 0 Å². The number of anilines is 1. The minimum Gasteiger partial charge on any atom is -0.405 e. The van der Waals surface area contributed by atoms with Crippen LogP contribution in [0.15, 0.2) is 6.07 Å². The summed E-state index contributed by atoms with van der Waals surface area (Å²) in [5.41, 5.74) is -0.534. The van der Waals surface area contributed by atoms with Gasteiger partial charge in [-0.15, -0.1) is 0 Å². The zero-order valence-corrected chi connectivity index (χ0v) is 12.1. The highest BCUT2D eigenvalue weighted by Crippen LogP contribution is 2.28. The predicted molar refractivity (Wildman–Crippen MR) is 76.6 cm³/mol. The Hall–Kier alpha value is -0.450. The van der Waals surface area contributed by atoms with Gasteiger partial charge in [-0.1, -0.05) is 11.6 Å². The molecule has 1 aromatic heterocycles. The fourth-order valence-corrected chi connectivity index (χ4v) is 1.65. The van der Waals surface area contributed by atoms with Crippen LogP contribution in [0.3, 0.4) is 0 Å². The van der Waals surface area contributed by atoms with Crippen LogP contribution in [0.4, 0.5) is 5.82 Å². The molecule has 0 aromatic carbocycles. The maximum Gasteiger partial charge on any atom is 0.225 e. The predicted octanol–water partition coefficient (Wildman–Crippen LogP) is -0.0895. The lowest BCUT2D eigenvalue weighted by atomic mass is 9.55. The molecule has 0 aliphatic rings. The van der Waals surface area contributed by atoms with Crippen molar-refractivity contribution >= 4 is 44.7 Å². The average Bonchev–Trinajstić information content (AvgIpc) is 2.13. The molecule has 0 radical (unpaired) electrons. The molecule has 0 aliphatic heterocycles. The zero-order chi connectivity index (χ0) is 13.4. The van der Waals surface area contributed by atoms with Gasteiger partial charge in [0.2, 0.25) is 5.28 Å². The third-order valence-electron chi connectivity index (χ3n) is 3.33. The SMILES string of the molecule is BC(B)(O)C(C)(C)N(C)c1cc(Cl)nc(Cl)n1. The quantitative estimate of drug-likeness (QED) is 0.475. The highest BCUT2D eigenvalue weighted by atomic mass is 35.5. The summed E-state index contributed by atoms with van der Waals surface area (Å²) in [5, 5.41) is 9.62. The normalized spacial score (nSPS) is 12.6. The highest BCUT2D eigenvalue weighted by molar-refractivity contribution is 6.40. The van der Waals surface area contributed by atoms with Gasteiger partial charge in [0.15, 0.2) is 0 Å². The van der Waals surface area contributed by atoms with E-state index in [1.807, 2.05) is 25.8 Å². The van der Waals surface area contributed by atoms with Crippen LogP contribution in [-0.4, -0.2) is 48.8 Å². The second kappa shape index (κ2) is 4.67. The van der Waals surface area contributed by atoms with Crippen molar-refractivity contribution in [3.8, 4) is 0 Å². The Balaban J connectivity index is 3.16. The zero-order valence-electron chi connectivity index (χ0n) is 10.6. The molecular formula is C9H15B2Cl2N3O. The molecule has 1 rings (SSSR count). The lowest BCUT2D eigenvalue weighted by Crippen LogP contribution is -2.61. The monoisotopic (exact) mass is 273 g/mol. The number of nitrogens with zero attached hydrogens (tertiary/aromatic N) is 3. The van der Waals surface area contributed by atoms with Crippen molar-refractivity contribution in [1.29, 1.82) is 0 Å². The van der Waals surface area contributed by atoms with Gasteiger partial charge in [0.05, 0.1) is 0 Å². The lowest BCUT2D eigenvalue weighted by molar-refractivity contribution is 0.133. The summed E-state index contributed by atoms with van der Waals surface area (Å²) in [6, 6.07) is 1.61. The van der Waals surface area contributed by atoms with Crippen molar-refractivity contribution < 1.29 is 5.11 Å². The van der Waals surface area contributed by atoms with Crippen LogP contribution in [0, 0.1) is 0 Å². The summed E-state index contributed by atoms with van der Waals surface area (Å²) in [5.74, 6) is 0.571. The van der Waals surface area contributed by atoms with E-state index < -0.39 is 10.9 Å². The van der Waals surface area contributed by atoms with Gasteiger partial charge in [0, 0.05) is 24.1 Å². The third-order valence-corrected chi connectivity index (χ3v) is 3.70. The first-order valence-electron chi connectivity index (χ1n) is 5.22. The Kier molecular flexibility index (Phi) is 4.01. The maximum absolute atomic E-state index is 10.2. The van der Waals surface area contributed by atoms with E-state index in [0.29, 0.717) is 5.82 Å². The summed E-state index contributed by atoms with van der Waals surface area (Å²) in [6.07, 6.45) is 0. The van der Waals surface area contributed by atoms with Crippen LogP contribution in [0.2, 0.25) is 10.4 Å². The van der Waals surface area contributed by atoms with Gasteiger partial charge in [-0.2, -0.15) is 0 Å². The van der Waals surface area contributed by atoms with Crippen molar-refractivity contribution in [2.45, 2.75) is 24.8 Å². The number of likely N-dealkylation sites (N-methyl/N-ethyl adjacent to an activating group) is 1. The molecule has 92 valence electrons. The average molecular weight is 274 g/mol. The van der Waals surface area contributed by atoms with E-state index in [1.165, 1.54) is 0 Å². The largest absolute Gasteiger partial charge is 0.405 e. The number of hydrogen-bond donors (Lipinski definition) is 1. The Labute approximate surface area is 113 Å². The molecule has 0 spiro atoms. The molecule has 0 saturated heterocycles. The first-order valence-corrected chi connectivity index (χ1v) is 5.97. The highest BCUT2D eigenvalue weighted by Gasteiger charge is 2.39. The van der Waals surface area contributed by atoms with Crippen molar-refractivity contribution in [3.05, 3.63) is 16.5 Å². The number of rotatable bonds is 3. The molecule has 0 atom stereocenters. The van der Waals surface area contributed by atoms with Crippen LogP contribution in [0.5, 0.6) is 0 Å². The van der Waals surface area contributed by atoms with Gasteiger partial charge in [-0.3, -0.25) is 0 Å². The number of aromatic nitrogens is 2. The molecular weight excluding hydrogens is 259 g/mol. The van der Waals surface area contributed by atoms with Gasteiger partial charge in [-0.05, 0) is 25.4 Å². The maximum atomic E-state index is 10.2. The van der Waals surface area contributed by atoms with Crippen molar-refractivity contribution in [2.75, 3.05) is 11.9 Å². The minimum absolute atomic E-state index is 0.0888. The molecule has 17 heavy (non-hydrogen) atoms. The summed E-state index contributed by atoms with van der Waals surface area (Å²) in [7, 11) is 5.31. The molecule has 0 fully saturated rings. The molecule has 0 bridgehead atoms. The molecule has 1 heterocycles. The van der Waals surface area contributed by atoms with Crippen LogP contribution >= 0.6 is 23.2 Å². The van der Waals surface area contributed by atoms with Gasteiger partial charge < -0.3 is 10.0 Å². The van der Waals surface area contributed by atoms with E-state index in [9.17, 15) is 5.11 Å². The fraction of sp³-hybridized carbons (Fsp3) is 0.556. The van der Waals surface area contributed by atoms with Crippen LogP contribution < -0.4 is 4.90 Å². The van der Waals surface area contributed by atoms with Crippen molar-refractivity contribution in [2.24, 2.45) is 0 Å². The van der Waals surface area contributed by atoms with Gasteiger partial charge in [-0.25, -0.2) is 9.97 Å². The van der Waals surface area contributed by atoms with Gasteiger partial charge in [0.1, 0.15) is 26.7 Å². The topological polar surface area (TPSA) is 49.2 Å². The third kappa shape index (κ3) is 3.06. The van der Waals surface area contributed by atoms with Gasteiger partial charge >= 0.3 is 0 Å². The molecule has 0 aliphatic carbocycles. The fourth-order valence-electron chi connectivity index (χ4n) is 1.25. The molecule has 1 aromatic rings. The summed E-state index contributed by atoms with van der Waals surface area (Å²) in [4.78, 5) is 9.72. The van der Waals surface area contributed by atoms with Gasteiger partial charge in [0.25, 0.3) is 0 Å². The molecule has 0 unspecified atom stereocenters. The second-order valence-corrected chi connectivity index (χ2v) is 5.72. The van der Waals surface area contributed by atoms with E-state index in [2.05, 4.69) is 9.97 Å². The van der Waals surface area contributed by atoms with Crippen molar-refractivity contribution in [3.63, 3.8) is 0 Å². The molecule has 1 N–H and O–H groups in total. The van der Waals surface area contributed by atoms with Crippen molar-refractivity contribution in [1.82, 2.24) is 9.97 Å². The Bertz CT molecular complexity index is 403. The summed E-state index contributed by atoms with van der Waals surface area (Å²) < 4.78 is 0. The van der Waals surface area contributed by atoms with E-state index in [-0.39, 0.29) is 10.4 Å². The standard InChI is InChI=1S/C9H15B2Cl2N3O/c1-8(2,9(10,11)17)16(3)6-4-5(12)14-7(13)15-6/h4,17H,10-11H2,1-3H3. The smallest absolute Gasteiger partial charge is 0.225 e. The van der Waals surface area contributed by atoms with Crippen LogP contribution in [0.25, 0.3) is 0 Å². The molecule has 0 saturated carbocycles. The van der Waals surface area contributed by atoms with E-state index in [1.54, 1.807) is 21.8 Å². The van der Waals surface area contributed by atoms with E-state index in [4.69, 9.17) is 23.2 Å². The Morgan fingerprint density at radius 3 is 2.24 bits per heavy atom. The summed E-state index contributed by atoms with van der Waals surface area (Å²) in [6.45, 7) is 3.83. The van der Waals surface area contributed by atoms with E-state index >= 15 is 0 Å². The first-order chi connectivity index (χ1) is 7.55. The molecule has 4 nitrogen and oxygen atoms in total. The lowest BCUT2D eigenvalue weighted by Gasteiger charge is -2.45. The molecule has 0 amide bonds. The molecule has 8 heteroatoms. The Morgan fingerprint density at radius 1 is 1.29 bits per heavy atom. The number of hydrogen-bond acceptors (Lipinski definition) is 4. The second-order valence-electron chi connectivity index (χ2n) is 4.99. The Morgan fingerprint density at radius 2 is 1.82 bits per heavy atom. The first kappa shape index (κ1) is 14.6. The summed E-state index contributed by atoms with van der Waals surface area (Å²) >= 11 is 11.6. The number of halogens is 2. The van der Waals surface area contributed by atoms with E-state index in [0.717, 1.165) is 0 Å². The number of aliphatic hydroxyl groups is 1.